The van der Waals surface area contributed by atoms with Gasteiger partial charge in [-0.15, -0.1) is 0 Å². The van der Waals surface area contributed by atoms with Crippen molar-refractivity contribution in [1.82, 2.24) is 4.98 Å². The Labute approximate surface area is 110 Å². The molecule has 18 heavy (non-hydrogen) atoms. The van der Waals surface area contributed by atoms with E-state index in [2.05, 4.69) is 69.1 Å². The molecule has 0 aliphatic carbocycles. The van der Waals surface area contributed by atoms with Gasteiger partial charge in [-0.05, 0) is 35.1 Å². The maximum atomic E-state index is 4.59. The normalized spacial score (nSPS) is 11.6. The molecule has 94 valence electrons. The van der Waals surface area contributed by atoms with E-state index in [0.717, 1.165) is 12.1 Å². The Kier molecular flexibility index (Phi) is 3.51. The topological polar surface area (TPSA) is 12.9 Å². The summed E-state index contributed by atoms with van der Waals surface area (Å²) in [5.41, 5.74) is 5.05. The predicted molar refractivity (Wildman–Crippen MR) is 77.8 cm³/mol. The lowest BCUT2D eigenvalue weighted by molar-refractivity contribution is 0.587. The first-order chi connectivity index (χ1) is 8.50. The molecule has 0 N–H and O–H groups in total. The van der Waals surface area contributed by atoms with E-state index in [4.69, 9.17) is 0 Å². The number of rotatable bonds is 2. The summed E-state index contributed by atoms with van der Waals surface area (Å²) in [7, 11) is 0. The Morgan fingerprint density at radius 3 is 2.39 bits per heavy atom. The Bertz CT molecular complexity index is 518. The molecule has 1 aromatic heterocycles. The van der Waals surface area contributed by atoms with Crippen LogP contribution < -0.4 is 0 Å². The van der Waals surface area contributed by atoms with Gasteiger partial charge in [-0.25, -0.2) is 0 Å². The molecule has 0 spiro atoms. The standard InChI is InChI=1S/C17H21N/c1-5-13-7-6-8-14(11-13)16-10-9-15(12-18-16)17(2,3)4/h6-12H,5H2,1-4H3. The highest BCUT2D eigenvalue weighted by atomic mass is 14.7. The van der Waals surface area contributed by atoms with Crippen LogP contribution >= 0.6 is 0 Å². The Morgan fingerprint density at radius 2 is 1.83 bits per heavy atom. The van der Waals surface area contributed by atoms with Crippen LogP contribution in [-0.2, 0) is 11.8 Å². The second-order valence-corrected chi connectivity index (χ2v) is 5.74. The molecule has 0 amide bonds. The third-order valence-corrected chi connectivity index (χ3v) is 3.26. The van der Waals surface area contributed by atoms with Crippen LogP contribution in [0.25, 0.3) is 11.3 Å². The summed E-state index contributed by atoms with van der Waals surface area (Å²) in [5.74, 6) is 0. The van der Waals surface area contributed by atoms with Crippen molar-refractivity contribution >= 4 is 0 Å². The van der Waals surface area contributed by atoms with Gasteiger partial charge in [-0.3, -0.25) is 4.98 Å². The summed E-state index contributed by atoms with van der Waals surface area (Å²) in [6, 6.07) is 12.9. The largest absolute Gasteiger partial charge is 0.256 e. The average Bonchev–Trinajstić information content (AvgIpc) is 2.38. The molecule has 1 aromatic carbocycles. The Balaban J connectivity index is 2.34. The van der Waals surface area contributed by atoms with Gasteiger partial charge < -0.3 is 0 Å². The fourth-order valence-electron chi connectivity index (χ4n) is 1.96. The van der Waals surface area contributed by atoms with Gasteiger partial charge in [-0.1, -0.05) is 52.0 Å². The van der Waals surface area contributed by atoms with E-state index >= 15 is 0 Å². The predicted octanol–water partition coefficient (Wildman–Crippen LogP) is 4.61. The van der Waals surface area contributed by atoms with Crippen molar-refractivity contribution in [3.05, 3.63) is 53.7 Å². The fourth-order valence-corrected chi connectivity index (χ4v) is 1.96. The highest BCUT2D eigenvalue weighted by molar-refractivity contribution is 5.60. The van der Waals surface area contributed by atoms with Gasteiger partial charge in [0.2, 0.25) is 0 Å². The SMILES string of the molecule is CCc1cccc(-c2ccc(C(C)(C)C)cn2)c1. The number of hydrogen-bond donors (Lipinski definition) is 0. The van der Waals surface area contributed by atoms with Crippen LogP contribution in [0.1, 0.15) is 38.8 Å². The van der Waals surface area contributed by atoms with Crippen molar-refractivity contribution in [2.45, 2.75) is 39.5 Å². The van der Waals surface area contributed by atoms with Crippen molar-refractivity contribution < 1.29 is 0 Å². The summed E-state index contributed by atoms with van der Waals surface area (Å²) in [5, 5.41) is 0. The third-order valence-electron chi connectivity index (χ3n) is 3.26. The molecular weight excluding hydrogens is 218 g/mol. The van der Waals surface area contributed by atoms with Crippen LogP contribution in [0.15, 0.2) is 42.6 Å². The minimum absolute atomic E-state index is 0.163. The zero-order chi connectivity index (χ0) is 13.2. The molecule has 0 bridgehead atoms. The van der Waals surface area contributed by atoms with E-state index in [-0.39, 0.29) is 5.41 Å². The van der Waals surface area contributed by atoms with E-state index in [1.54, 1.807) is 0 Å². The summed E-state index contributed by atoms with van der Waals surface area (Å²) < 4.78 is 0. The first kappa shape index (κ1) is 12.8. The molecule has 0 saturated carbocycles. The number of aryl methyl sites for hydroxylation is 1. The van der Waals surface area contributed by atoms with Crippen LogP contribution in [0.4, 0.5) is 0 Å². The maximum absolute atomic E-state index is 4.59. The molecular formula is C17H21N. The highest BCUT2D eigenvalue weighted by Crippen LogP contribution is 2.24. The summed E-state index contributed by atoms with van der Waals surface area (Å²) >= 11 is 0. The van der Waals surface area contributed by atoms with E-state index < -0.39 is 0 Å². The average molecular weight is 239 g/mol. The molecule has 1 nitrogen and oxygen atoms in total. The lowest BCUT2D eigenvalue weighted by Crippen LogP contribution is -2.11. The zero-order valence-electron chi connectivity index (χ0n) is 11.7. The van der Waals surface area contributed by atoms with Gasteiger partial charge in [0.25, 0.3) is 0 Å². The smallest absolute Gasteiger partial charge is 0.0702 e. The van der Waals surface area contributed by atoms with Crippen LogP contribution in [0.5, 0.6) is 0 Å². The van der Waals surface area contributed by atoms with Crippen LogP contribution in [0.3, 0.4) is 0 Å². The molecule has 0 aliphatic heterocycles. The Morgan fingerprint density at radius 1 is 1.06 bits per heavy atom. The molecule has 0 unspecified atom stereocenters. The molecule has 1 heterocycles. The molecule has 1 heteroatoms. The van der Waals surface area contributed by atoms with Crippen molar-refractivity contribution in [2.24, 2.45) is 0 Å². The first-order valence-corrected chi connectivity index (χ1v) is 6.56. The number of hydrogen-bond acceptors (Lipinski definition) is 1. The number of nitrogens with zero attached hydrogens (tertiary/aromatic N) is 1. The molecule has 2 aromatic rings. The summed E-state index contributed by atoms with van der Waals surface area (Å²) in [4.78, 5) is 4.59. The molecule has 0 fully saturated rings. The van der Waals surface area contributed by atoms with Crippen LogP contribution in [0.2, 0.25) is 0 Å². The van der Waals surface area contributed by atoms with Crippen molar-refractivity contribution in [2.75, 3.05) is 0 Å². The van der Waals surface area contributed by atoms with Gasteiger partial charge in [0.1, 0.15) is 0 Å². The fraction of sp³-hybridized carbons (Fsp3) is 0.353. The van der Waals surface area contributed by atoms with E-state index in [1.165, 1.54) is 16.7 Å². The van der Waals surface area contributed by atoms with Crippen molar-refractivity contribution in [3.8, 4) is 11.3 Å². The second kappa shape index (κ2) is 4.93. The van der Waals surface area contributed by atoms with Crippen molar-refractivity contribution in [1.29, 1.82) is 0 Å². The second-order valence-electron chi connectivity index (χ2n) is 5.74. The number of benzene rings is 1. The number of aromatic nitrogens is 1. The van der Waals surface area contributed by atoms with Gasteiger partial charge in [0, 0.05) is 11.8 Å². The van der Waals surface area contributed by atoms with Gasteiger partial charge in [-0.2, -0.15) is 0 Å². The van der Waals surface area contributed by atoms with Crippen molar-refractivity contribution in [3.63, 3.8) is 0 Å². The minimum atomic E-state index is 0.163. The lowest BCUT2D eigenvalue weighted by atomic mass is 9.88. The molecule has 2 rings (SSSR count). The minimum Gasteiger partial charge on any atom is -0.256 e. The van der Waals surface area contributed by atoms with Gasteiger partial charge in [0.15, 0.2) is 0 Å². The van der Waals surface area contributed by atoms with E-state index in [1.807, 2.05) is 6.20 Å². The Hall–Kier alpha value is -1.63. The lowest BCUT2D eigenvalue weighted by Gasteiger charge is -2.18. The zero-order valence-corrected chi connectivity index (χ0v) is 11.7. The maximum Gasteiger partial charge on any atom is 0.0702 e. The first-order valence-electron chi connectivity index (χ1n) is 6.56. The van der Waals surface area contributed by atoms with Crippen LogP contribution in [0, 0.1) is 0 Å². The quantitative estimate of drug-likeness (QED) is 0.746. The summed E-state index contributed by atoms with van der Waals surface area (Å²) in [6.45, 7) is 8.80. The molecule has 0 atom stereocenters. The van der Waals surface area contributed by atoms with E-state index in [0.29, 0.717) is 0 Å². The van der Waals surface area contributed by atoms with Crippen LogP contribution in [-0.4, -0.2) is 4.98 Å². The number of pyridine rings is 1. The molecule has 0 radical (unpaired) electrons. The monoisotopic (exact) mass is 239 g/mol. The third kappa shape index (κ3) is 2.79. The van der Waals surface area contributed by atoms with E-state index in [9.17, 15) is 0 Å². The molecule has 0 saturated heterocycles. The van der Waals surface area contributed by atoms with Gasteiger partial charge in [0.05, 0.1) is 5.69 Å². The van der Waals surface area contributed by atoms with Gasteiger partial charge >= 0.3 is 0 Å². The summed E-state index contributed by atoms with van der Waals surface area (Å²) in [6.07, 6.45) is 3.06. The molecule has 0 aliphatic rings. The highest BCUT2D eigenvalue weighted by Gasteiger charge is 2.13.